The molecule has 1 rings (SSSR count). The molecule has 1 atom stereocenters. The lowest BCUT2D eigenvalue weighted by Crippen LogP contribution is -2.15. The number of rotatable bonds is 5. The highest BCUT2D eigenvalue weighted by Crippen LogP contribution is 2.31. The Bertz CT molecular complexity index is 161. The summed E-state index contributed by atoms with van der Waals surface area (Å²) < 4.78 is 0. The van der Waals surface area contributed by atoms with Crippen LogP contribution in [0.3, 0.4) is 0 Å². The van der Waals surface area contributed by atoms with Crippen LogP contribution in [0.4, 0.5) is 0 Å². The van der Waals surface area contributed by atoms with E-state index in [1.165, 1.54) is 25.7 Å². The van der Waals surface area contributed by atoms with Crippen molar-refractivity contribution in [1.82, 2.24) is 0 Å². The van der Waals surface area contributed by atoms with Crippen molar-refractivity contribution in [3.05, 3.63) is 0 Å². The molecule has 2 heteroatoms. The minimum Gasteiger partial charge on any atom is -0.300 e. The lowest BCUT2D eigenvalue weighted by Gasteiger charge is -2.16. The molecule has 1 fully saturated rings. The van der Waals surface area contributed by atoms with Crippen molar-refractivity contribution in [2.24, 2.45) is 11.8 Å². The molecule has 0 aliphatic heterocycles. The first-order valence-electron chi connectivity index (χ1n) is 5.30. The van der Waals surface area contributed by atoms with Gasteiger partial charge in [0.25, 0.3) is 0 Å². The topological polar surface area (TPSA) is 17.1 Å². The van der Waals surface area contributed by atoms with Crippen LogP contribution >= 0.6 is 11.6 Å². The highest BCUT2D eigenvalue weighted by Gasteiger charge is 2.22. The summed E-state index contributed by atoms with van der Waals surface area (Å²) in [4.78, 5) is 11.3. The molecular weight excluding hydrogens is 184 g/mol. The lowest BCUT2D eigenvalue weighted by atomic mass is 9.89. The third-order valence-electron chi connectivity index (χ3n) is 3.13. The second kappa shape index (κ2) is 5.64. The first-order valence-corrected chi connectivity index (χ1v) is 5.84. The molecule has 0 saturated heterocycles. The van der Waals surface area contributed by atoms with E-state index in [0.717, 1.165) is 18.8 Å². The van der Waals surface area contributed by atoms with Gasteiger partial charge in [-0.2, -0.15) is 0 Å². The quantitative estimate of drug-likeness (QED) is 0.625. The number of halogens is 1. The second-order valence-electron chi connectivity index (χ2n) is 4.17. The van der Waals surface area contributed by atoms with Crippen molar-refractivity contribution < 1.29 is 4.79 Å². The Kier molecular flexibility index (Phi) is 4.79. The summed E-state index contributed by atoms with van der Waals surface area (Å²) in [6.07, 6.45) is 7.32. The molecule has 0 radical (unpaired) electrons. The van der Waals surface area contributed by atoms with Gasteiger partial charge in [-0.15, -0.1) is 11.6 Å². The average Bonchev–Trinajstić information content (AvgIpc) is 2.56. The van der Waals surface area contributed by atoms with Gasteiger partial charge in [-0.05, 0) is 25.7 Å². The van der Waals surface area contributed by atoms with Crippen LogP contribution in [0.25, 0.3) is 0 Å². The van der Waals surface area contributed by atoms with Crippen LogP contribution in [0, 0.1) is 11.8 Å². The molecule has 0 aromatic carbocycles. The van der Waals surface area contributed by atoms with Crippen LogP contribution < -0.4 is 0 Å². The molecule has 0 amide bonds. The molecule has 0 aromatic rings. The Morgan fingerprint density at radius 3 is 2.54 bits per heavy atom. The fraction of sp³-hybridized carbons (Fsp3) is 0.909. The largest absolute Gasteiger partial charge is 0.300 e. The van der Waals surface area contributed by atoms with E-state index < -0.39 is 0 Å². The molecule has 0 spiro atoms. The highest BCUT2D eigenvalue weighted by molar-refractivity contribution is 6.18. The fourth-order valence-corrected chi connectivity index (χ4v) is 2.53. The molecule has 1 aliphatic carbocycles. The van der Waals surface area contributed by atoms with Crippen molar-refractivity contribution in [1.29, 1.82) is 0 Å². The number of hydrogen-bond donors (Lipinski definition) is 0. The number of alkyl halides is 1. The van der Waals surface area contributed by atoms with Crippen LogP contribution in [-0.4, -0.2) is 11.7 Å². The normalized spacial score (nSPS) is 20.5. The van der Waals surface area contributed by atoms with E-state index in [1.54, 1.807) is 6.92 Å². The molecule has 0 N–H and O–H groups in total. The summed E-state index contributed by atoms with van der Waals surface area (Å²) in [5.74, 6) is 1.99. The first-order chi connectivity index (χ1) is 6.24. The molecule has 0 heterocycles. The molecule has 1 saturated carbocycles. The van der Waals surface area contributed by atoms with Gasteiger partial charge in [0.1, 0.15) is 5.78 Å². The Hall–Kier alpha value is -0.0400. The number of carbonyl (C=O) groups excluding carboxylic acids is 1. The number of hydrogen-bond acceptors (Lipinski definition) is 1. The van der Waals surface area contributed by atoms with Gasteiger partial charge in [0.2, 0.25) is 0 Å². The second-order valence-corrected chi connectivity index (χ2v) is 4.55. The van der Waals surface area contributed by atoms with Crippen LogP contribution in [0.15, 0.2) is 0 Å². The third kappa shape index (κ3) is 3.68. The molecule has 1 unspecified atom stereocenters. The SMILES string of the molecule is CC(=O)C(CCCl)CC1CCCC1. The minimum absolute atomic E-state index is 0.237. The van der Waals surface area contributed by atoms with Crippen LogP contribution in [-0.2, 0) is 4.79 Å². The molecule has 76 valence electrons. The van der Waals surface area contributed by atoms with E-state index in [9.17, 15) is 4.79 Å². The van der Waals surface area contributed by atoms with Crippen molar-refractivity contribution in [2.75, 3.05) is 5.88 Å². The van der Waals surface area contributed by atoms with Crippen LogP contribution in [0.2, 0.25) is 0 Å². The molecule has 0 aromatic heterocycles. The van der Waals surface area contributed by atoms with Crippen molar-refractivity contribution in [2.45, 2.75) is 45.4 Å². The van der Waals surface area contributed by atoms with Crippen molar-refractivity contribution >= 4 is 17.4 Å². The predicted octanol–water partition coefficient (Wildman–Crippen LogP) is 3.40. The summed E-state index contributed by atoms with van der Waals surface area (Å²) in [6, 6.07) is 0. The van der Waals surface area contributed by atoms with E-state index >= 15 is 0 Å². The maximum atomic E-state index is 11.3. The summed E-state index contributed by atoms with van der Waals surface area (Å²) in [6.45, 7) is 1.70. The third-order valence-corrected chi connectivity index (χ3v) is 3.34. The fourth-order valence-electron chi connectivity index (χ4n) is 2.27. The maximum absolute atomic E-state index is 11.3. The first kappa shape index (κ1) is 11.0. The van der Waals surface area contributed by atoms with E-state index in [-0.39, 0.29) is 5.92 Å². The number of ketones is 1. The Balaban J connectivity index is 2.32. The molecule has 1 nitrogen and oxygen atoms in total. The minimum atomic E-state index is 0.237. The van der Waals surface area contributed by atoms with E-state index in [4.69, 9.17) is 11.6 Å². The molecule has 13 heavy (non-hydrogen) atoms. The maximum Gasteiger partial charge on any atom is 0.132 e. The Labute approximate surface area is 85.8 Å². The zero-order valence-electron chi connectivity index (χ0n) is 8.39. The predicted molar refractivity (Wildman–Crippen MR) is 56.1 cm³/mol. The lowest BCUT2D eigenvalue weighted by molar-refractivity contribution is -0.121. The summed E-state index contributed by atoms with van der Waals surface area (Å²) in [7, 11) is 0. The zero-order valence-corrected chi connectivity index (χ0v) is 9.15. The van der Waals surface area contributed by atoms with Crippen molar-refractivity contribution in [3.8, 4) is 0 Å². The molecular formula is C11H19ClO. The number of Topliss-reactive ketones (excluding diaryl/α,β-unsaturated/α-hetero) is 1. The van der Waals surface area contributed by atoms with E-state index in [0.29, 0.717) is 11.7 Å². The monoisotopic (exact) mass is 202 g/mol. The average molecular weight is 203 g/mol. The smallest absolute Gasteiger partial charge is 0.132 e. The Morgan fingerprint density at radius 2 is 2.08 bits per heavy atom. The highest BCUT2D eigenvalue weighted by atomic mass is 35.5. The zero-order chi connectivity index (χ0) is 9.68. The van der Waals surface area contributed by atoms with Gasteiger partial charge >= 0.3 is 0 Å². The standard InChI is InChI=1S/C11H19ClO/c1-9(13)11(6-7-12)8-10-4-2-3-5-10/h10-11H,2-8H2,1H3. The van der Waals surface area contributed by atoms with Gasteiger partial charge in [0.15, 0.2) is 0 Å². The van der Waals surface area contributed by atoms with Crippen LogP contribution in [0.5, 0.6) is 0 Å². The van der Waals surface area contributed by atoms with Gasteiger partial charge in [0, 0.05) is 11.8 Å². The summed E-state index contributed by atoms with van der Waals surface area (Å²) in [5, 5.41) is 0. The van der Waals surface area contributed by atoms with Crippen molar-refractivity contribution in [3.63, 3.8) is 0 Å². The molecule has 1 aliphatic rings. The Morgan fingerprint density at radius 1 is 1.46 bits per heavy atom. The van der Waals surface area contributed by atoms with Gasteiger partial charge in [0.05, 0.1) is 0 Å². The van der Waals surface area contributed by atoms with E-state index in [2.05, 4.69) is 0 Å². The van der Waals surface area contributed by atoms with Gasteiger partial charge in [-0.3, -0.25) is 4.79 Å². The number of carbonyl (C=O) groups is 1. The van der Waals surface area contributed by atoms with Gasteiger partial charge in [-0.1, -0.05) is 25.7 Å². The summed E-state index contributed by atoms with van der Waals surface area (Å²) >= 11 is 5.67. The van der Waals surface area contributed by atoms with E-state index in [1.807, 2.05) is 0 Å². The molecule has 0 bridgehead atoms. The van der Waals surface area contributed by atoms with Gasteiger partial charge in [-0.25, -0.2) is 0 Å². The summed E-state index contributed by atoms with van der Waals surface area (Å²) in [5.41, 5.74) is 0. The van der Waals surface area contributed by atoms with Crippen LogP contribution in [0.1, 0.15) is 45.4 Å². The van der Waals surface area contributed by atoms with Gasteiger partial charge < -0.3 is 0 Å².